The second-order valence-corrected chi connectivity index (χ2v) is 3.04. The zero-order chi connectivity index (χ0) is 11.7. The molecule has 0 unspecified atom stereocenters. The zero-order valence-electron chi connectivity index (χ0n) is 7.98. The molecule has 0 radical (unpaired) electrons. The van der Waals surface area contributed by atoms with Crippen molar-refractivity contribution < 1.29 is 8.78 Å². The third-order valence-corrected chi connectivity index (χ3v) is 1.98. The van der Waals surface area contributed by atoms with E-state index in [1.807, 2.05) is 0 Å². The molecule has 1 aromatic heterocycles. The van der Waals surface area contributed by atoms with Gasteiger partial charge in [0.2, 0.25) is 0 Å². The van der Waals surface area contributed by atoms with Crippen LogP contribution in [0.3, 0.4) is 0 Å². The van der Waals surface area contributed by atoms with Gasteiger partial charge in [-0.2, -0.15) is 5.10 Å². The van der Waals surface area contributed by atoms with Crippen molar-refractivity contribution in [3.63, 3.8) is 0 Å². The summed E-state index contributed by atoms with van der Waals surface area (Å²) < 4.78 is 28.1. The van der Waals surface area contributed by atoms with Crippen LogP contribution >= 0.6 is 0 Å². The van der Waals surface area contributed by atoms with E-state index in [-0.39, 0.29) is 11.3 Å². The van der Waals surface area contributed by atoms with Crippen LogP contribution in [-0.2, 0) is 0 Å². The lowest BCUT2D eigenvalue weighted by molar-refractivity contribution is 0.559. The lowest BCUT2D eigenvalue weighted by Gasteiger charge is -2.06. The summed E-state index contributed by atoms with van der Waals surface area (Å²) in [4.78, 5) is 3.59. The van der Waals surface area contributed by atoms with E-state index in [9.17, 15) is 8.78 Å². The Hall–Kier alpha value is -2.31. The Morgan fingerprint density at radius 2 is 1.94 bits per heavy atom. The van der Waals surface area contributed by atoms with Crippen LogP contribution in [0.1, 0.15) is 5.56 Å². The van der Waals surface area contributed by atoms with Gasteiger partial charge in [-0.05, 0) is 12.1 Å². The quantitative estimate of drug-likeness (QED) is 0.584. The number of hydrogen-bond acceptors (Lipinski definition) is 3. The summed E-state index contributed by atoms with van der Waals surface area (Å²) in [6, 6.07) is 1.95. The molecule has 0 aliphatic heterocycles. The molecule has 0 fully saturated rings. The SMILES string of the molecule is N=C(N)c1cc(F)c(-n2cncn2)c(F)c1. The number of halogens is 2. The minimum absolute atomic E-state index is 0.0149. The molecule has 1 heterocycles. The van der Waals surface area contributed by atoms with Gasteiger partial charge in [-0.25, -0.2) is 18.4 Å². The summed E-state index contributed by atoms with van der Waals surface area (Å²) in [6.07, 6.45) is 2.34. The largest absolute Gasteiger partial charge is 0.384 e. The molecule has 0 aliphatic carbocycles. The molecule has 0 saturated carbocycles. The highest BCUT2D eigenvalue weighted by atomic mass is 19.1. The van der Waals surface area contributed by atoms with Gasteiger partial charge in [-0.15, -0.1) is 0 Å². The molecule has 0 bridgehead atoms. The lowest BCUT2D eigenvalue weighted by Crippen LogP contribution is -2.13. The maximum absolute atomic E-state index is 13.6. The molecule has 2 aromatic rings. The maximum Gasteiger partial charge on any atom is 0.152 e. The average Bonchev–Trinajstić information content (AvgIpc) is 2.69. The van der Waals surface area contributed by atoms with E-state index in [0.717, 1.165) is 23.1 Å². The van der Waals surface area contributed by atoms with Crippen molar-refractivity contribution in [1.29, 1.82) is 5.41 Å². The van der Waals surface area contributed by atoms with Crippen LogP contribution in [0.4, 0.5) is 8.78 Å². The summed E-state index contributed by atoms with van der Waals surface area (Å²) in [5.74, 6) is -2.10. The predicted molar refractivity (Wildman–Crippen MR) is 52.3 cm³/mol. The van der Waals surface area contributed by atoms with Gasteiger partial charge in [0.05, 0.1) is 0 Å². The Morgan fingerprint density at radius 1 is 1.31 bits per heavy atom. The first kappa shape index (κ1) is 10.2. The normalized spacial score (nSPS) is 10.4. The Balaban J connectivity index is 2.61. The third-order valence-electron chi connectivity index (χ3n) is 1.98. The molecular formula is C9H7F2N5. The number of amidine groups is 1. The molecule has 82 valence electrons. The molecule has 2 rings (SSSR count). The molecule has 0 amide bonds. The molecular weight excluding hydrogens is 216 g/mol. The van der Waals surface area contributed by atoms with Crippen LogP contribution in [0.25, 0.3) is 5.69 Å². The van der Waals surface area contributed by atoms with E-state index in [1.165, 1.54) is 6.33 Å². The number of hydrogen-bond donors (Lipinski definition) is 2. The van der Waals surface area contributed by atoms with E-state index in [1.54, 1.807) is 0 Å². The van der Waals surface area contributed by atoms with E-state index >= 15 is 0 Å². The molecule has 1 aromatic carbocycles. The van der Waals surface area contributed by atoms with Crippen LogP contribution in [0.2, 0.25) is 0 Å². The van der Waals surface area contributed by atoms with Crippen LogP contribution in [0.15, 0.2) is 24.8 Å². The standard InChI is InChI=1S/C9H7F2N5/c10-6-1-5(9(12)13)2-7(11)8(6)16-4-14-3-15-16/h1-4H,(H3,12,13). The van der Waals surface area contributed by atoms with Crippen molar-refractivity contribution >= 4 is 5.84 Å². The van der Waals surface area contributed by atoms with Crippen molar-refractivity contribution in [2.24, 2.45) is 5.73 Å². The van der Waals surface area contributed by atoms with E-state index in [2.05, 4.69) is 10.1 Å². The highest BCUT2D eigenvalue weighted by Crippen LogP contribution is 2.18. The number of rotatable bonds is 2. The fourth-order valence-electron chi connectivity index (χ4n) is 1.26. The number of benzene rings is 1. The van der Waals surface area contributed by atoms with Gasteiger partial charge in [0.25, 0.3) is 0 Å². The van der Waals surface area contributed by atoms with E-state index in [4.69, 9.17) is 11.1 Å². The number of nitrogen functional groups attached to an aromatic ring is 1. The molecule has 0 aliphatic rings. The average molecular weight is 223 g/mol. The number of nitrogens with two attached hydrogens (primary N) is 1. The first-order valence-corrected chi connectivity index (χ1v) is 4.28. The molecule has 3 N–H and O–H groups in total. The third kappa shape index (κ3) is 1.62. The fourth-order valence-corrected chi connectivity index (χ4v) is 1.26. The first-order chi connectivity index (χ1) is 7.59. The minimum Gasteiger partial charge on any atom is -0.384 e. The minimum atomic E-state index is -0.851. The molecule has 16 heavy (non-hydrogen) atoms. The highest BCUT2D eigenvalue weighted by molar-refractivity contribution is 5.95. The summed E-state index contributed by atoms with van der Waals surface area (Å²) >= 11 is 0. The smallest absolute Gasteiger partial charge is 0.152 e. The fraction of sp³-hybridized carbons (Fsp3) is 0. The molecule has 0 saturated heterocycles. The van der Waals surface area contributed by atoms with Crippen molar-refractivity contribution in [3.8, 4) is 5.69 Å². The Kier molecular flexibility index (Phi) is 2.35. The van der Waals surface area contributed by atoms with Crippen LogP contribution in [-0.4, -0.2) is 20.6 Å². The first-order valence-electron chi connectivity index (χ1n) is 4.28. The van der Waals surface area contributed by atoms with Gasteiger partial charge in [0.15, 0.2) is 11.6 Å². The molecule has 7 heteroatoms. The summed E-state index contributed by atoms with van der Waals surface area (Å²) in [6.45, 7) is 0. The maximum atomic E-state index is 13.6. The van der Waals surface area contributed by atoms with Gasteiger partial charge < -0.3 is 5.73 Å². The van der Waals surface area contributed by atoms with Crippen molar-refractivity contribution in [2.75, 3.05) is 0 Å². The van der Waals surface area contributed by atoms with E-state index in [0.29, 0.717) is 0 Å². The number of nitrogens with zero attached hydrogens (tertiary/aromatic N) is 3. The van der Waals surface area contributed by atoms with Gasteiger partial charge in [-0.1, -0.05) is 0 Å². The summed E-state index contributed by atoms with van der Waals surface area (Å²) in [5, 5.41) is 10.7. The second-order valence-electron chi connectivity index (χ2n) is 3.04. The Labute approximate surface area is 89.0 Å². The predicted octanol–water partition coefficient (Wildman–Crippen LogP) is 0.830. The second kappa shape index (κ2) is 3.69. The summed E-state index contributed by atoms with van der Waals surface area (Å²) in [7, 11) is 0. The van der Waals surface area contributed by atoms with Crippen LogP contribution < -0.4 is 5.73 Å². The van der Waals surface area contributed by atoms with Crippen molar-refractivity contribution in [2.45, 2.75) is 0 Å². The monoisotopic (exact) mass is 223 g/mol. The Morgan fingerprint density at radius 3 is 2.38 bits per heavy atom. The highest BCUT2D eigenvalue weighted by Gasteiger charge is 2.14. The van der Waals surface area contributed by atoms with E-state index < -0.39 is 17.5 Å². The van der Waals surface area contributed by atoms with Gasteiger partial charge in [0, 0.05) is 5.56 Å². The van der Waals surface area contributed by atoms with Gasteiger partial charge >= 0.3 is 0 Å². The molecule has 0 spiro atoms. The lowest BCUT2D eigenvalue weighted by atomic mass is 10.1. The number of aromatic nitrogens is 3. The van der Waals surface area contributed by atoms with Gasteiger partial charge in [-0.3, -0.25) is 5.41 Å². The topological polar surface area (TPSA) is 80.6 Å². The van der Waals surface area contributed by atoms with Gasteiger partial charge in [0.1, 0.15) is 24.2 Å². The number of nitrogens with one attached hydrogen (secondary N) is 1. The Bertz CT molecular complexity index is 512. The van der Waals surface area contributed by atoms with Crippen LogP contribution in [0, 0.1) is 17.0 Å². The molecule has 5 nitrogen and oxygen atoms in total. The molecule has 0 atom stereocenters. The summed E-state index contributed by atoms with van der Waals surface area (Å²) in [5.41, 5.74) is 4.78. The van der Waals surface area contributed by atoms with Crippen molar-refractivity contribution in [3.05, 3.63) is 42.0 Å². The van der Waals surface area contributed by atoms with Crippen LogP contribution in [0.5, 0.6) is 0 Å². The van der Waals surface area contributed by atoms with Crippen molar-refractivity contribution in [1.82, 2.24) is 14.8 Å². The zero-order valence-corrected chi connectivity index (χ0v) is 7.98.